The second kappa shape index (κ2) is 1.26. The summed E-state index contributed by atoms with van der Waals surface area (Å²) in [6.45, 7) is 0.951. The highest BCUT2D eigenvalue weighted by molar-refractivity contribution is 5.46. The molecule has 0 atom stereocenters. The van der Waals surface area contributed by atoms with E-state index in [0.29, 0.717) is 13.5 Å². The topological polar surface area (TPSA) is 29.5 Å². The van der Waals surface area contributed by atoms with Crippen molar-refractivity contribution >= 4 is 6.41 Å². The third-order valence-electron chi connectivity index (χ3n) is 0.663. The average molecular weight is 87.1 g/mol. The van der Waals surface area contributed by atoms with Gasteiger partial charge in [0, 0.05) is 0 Å². The van der Waals surface area contributed by atoms with Gasteiger partial charge in [0.15, 0.2) is 0 Å². The predicted molar refractivity (Wildman–Crippen MR) is 18.7 cm³/mol. The summed E-state index contributed by atoms with van der Waals surface area (Å²) in [4.78, 5) is 11.2. The molecule has 0 unspecified atom stereocenters. The number of hydrogen-bond donors (Lipinski definition) is 0. The Bertz CT molecular complexity index is 59.8. The molecule has 3 heteroatoms. The minimum absolute atomic E-state index is 0.476. The Hall–Kier alpha value is -0.570. The molecular formula is C3H5NO2. The molecule has 1 saturated heterocycles. The van der Waals surface area contributed by atoms with Gasteiger partial charge in [-0.2, -0.15) is 0 Å². The molecule has 0 saturated carbocycles. The summed E-state index contributed by atoms with van der Waals surface area (Å²) in [7, 11) is 0. The maximum absolute atomic E-state index is 9.63. The van der Waals surface area contributed by atoms with E-state index in [9.17, 15) is 4.79 Å². The van der Waals surface area contributed by atoms with Crippen molar-refractivity contribution in [1.82, 2.24) is 4.90 Å². The van der Waals surface area contributed by atoms with Crippen LogP contribution in [-0.4, -0.2) is 24.8 Å². The maximum atomic E-state index is 9.63. The standard InChI is InChI=1S/C3H5NO2/c5-1-4-2-6-3-4/h1H,2-3H2. The quantitative estimate of drug-likeness (QED) is 0.399. The molecule has 1 heterocycles. The molecule has 0 aliphatic carbocycles. The number of amides is 1. The van der Waals surface area contributed by atoms with Gasteiger partial charge in [-0.3, -0.25) is 9.69 Å². The van der Waals surface area contributed by atoms with Crippen LogP contribution in [0.5, 0.6) is 0 Å². The van der Waals surface area contributed by atoms with Gasteiger partial charge in [0.2, 0.25) is 6.41 Å². The van der Waals surface area contributed by atoms with E-state index in [1.165, 1.54) is 4.90 Å². The second-order valence-corrected chi connectivity index (χ2v) is 1.16. The highest BCUT2D eigenvalue weighted by Crippen LogP contribution is 1.94. The molecule has 0 radical (unpaired) electrons. The maximum Gasteiger partial charge on any atom is 0.213 e. The first-order valence-electron chi connectivity index (χ1n) is 1.70. The van der Waals surface area contributed by atoms with Crippen LogP contribution < -0.4 is 0 Å². The van der Waals surface area contributed by atoms with Gasteiger partial charge in [-0.25, -0.2) is 0 Å². The molecule has 0 aromatic heterocycles. The highest BCUT2D eigenvalue weighted by Gasteiger charge is 2.08. The van der Waals surface area contributed by atoms with Gasteiger partial charge in [0.25, 0.3) is 0 Å². The first-order valence-corrected chi connectivity index (χ1v) is 1.70. The summed E-state index contributed by atoms with van der Waals surface area (Å²) < 4.78 is 4.62. The zero-order chi connectivity index (χ0) is 4.41. The van der Waals surface area contributed by atoms with Crippen LogP contribution in [0.15, 0.2) is 0 Å². The SMILES string of the molecule is O=CN1COC1. The van der Waals surface area contributed by atoms with Crippen LogP contribution in [0.4, 0.5) is 0 Å². The van der Waals surface area contributed by atoms with Crippen LogP contribution in [0, 0.1) is 0 Å². The number of hydrogen-bond acceptors (Lipinski definition) is 2. The predicted octanol–water partition coefficient (Wildman–Crippen LogP) is -0.610. The fraction of sp³-hybridized carbons (Fsp3) is 0.667. The molecule has 0 N–H and O–H groups in total. The minimum atomic E-state index is 0.476. The van der Waals surface area contributed by atoms with Crippen molar-refractivity contribution < 1.29 is 9.53 Å². The number of nitrogens with zero attached hydrogens (tertiary/aromatic N) is 1. The average Bonchev–Trinajstić information content (AvgIpc) is 1.31. The fourth-order valence-electron chi connectivity index (χ4n) is 0.258. The van der Waals surface area contributed by atoms with Crippen LogP contribution >= 0.6 is 0 Å². The summed E-state index contributed by atoms with van der Waals surface area (Å²) in [5.41, 5.74) is 0. The van der Waals surface area contributed by atoms with Crippen molar-refractivity contribution in [3.63, 3.8) is 0 Å². The largest absolute Gasteiger partial charge is 0.340 e. The van der Waals surface area contributed by atoms with Crippen molar-refractivity contribution in [2.24, 2.45) is 0 Å². The molecule has 34 valence electrons. The van der Waals surface area contributed by atoms with E-state index >= 15 is 0 Å². The number of carbonyl (C=O) groups excluding carboxylic acids is 1. The van der Waals surface area contributed by atoms with E-state index in [-0.39, 0.29) is 0 Å². The Kier molecular flexibility index (Phi) is 0.759. The van der Waals surface area contributed by atoms with Crippen molar-refractivity contribution in [2.75, 3.05) is 13.5 Å². The van der Waals surface area contributed by atoms with Crippen molar-refractivity contribution in [3.8, 4) is 0 Å². The molecule has 6 heavy (non-hydrogen) atoms. The van der Waals surface area contributed by atoms with Gasteiger partial charge in [-0.15, -0.1) is 0 Å². The van der Waals surface area contributed by atoms with Crippen molar-refractivity contribution in [1.29, 1.82) is 0 Å². The number of carbonyl (C=O) groups is 1. The molecule has 1 fully saturated rings. The molecule has 1 aliphatic heterocycles. The molecule has 0 bridgehead atoms. The summed E-state index contributed by atoms with van der Waals surface area (Å²) in [6, 6.07) is 0. The lowest BCUT2D eigenvalue weighted by Crippen LogP contribution is -2.38. The number of rotatable bonds is 1. The van der Waals surface area contributed by atoms with Gasteiger partial charge in [0.05, 0.1) is 0 Å². The third kappa shape index (κ3) is 0.367. The minimum Gasteiger partial charge on any atom is -0.340 e. The van der Waals surface area contributed by atoms with Gasteiger partial charge in [-0.05, 0) is 0 Å². The monoisotopic (exact) mass is 87.0 g/mol. The summed E-state index contributed by atoms with van der Waals surface area (Å²) in [5, 5.41) is 0. The summed E-state index contributed by atoms with van der Waals surface area (Å²) in [6.07, 6.45) is 0.767. The highest BCUT2D eigenvalue weighted by atomic mass is 16.5. The van der Waals surface area contributed by atoms with Gasteiger partial charge in [0.1, 0.15) is 13.5 Å². The van der Waals surface area contributed by atoms with Crippen LogP contribution in [0.2, 0.25) is 0 Å². The Morgan fingerprint density at radius 2 is 2.33 bits per heavy atom. The molecule has 3 nitrogen and oxygen atoms in total. The molecule has 0 spiro atoms. The Labute approximate surface area is 35.5 Å². The van der Waals surface area contributed by atoms with E-state index in [2.05, 4.69) is 4.74 Å². The van der Waals surface area contributed by atoms with Gasteiger partial charge < -0.3 is 4.74 Å². The van der Waals surface area contributed by atoms with Crippen LogP contribution in [0.1, 0.15) is 0 Å². The first kappa shape index (κ1) is 3.61. The lowest BCUT2D eigenvalue weighted by atomic mass is 10.8. The normalized spacial score (nSPS) is 19.7. The fourth-order valence-corrected chi connectivity index (χ4v) is 0.258. The Morgan fingerprint density at radius 1 is 1.67 bits per heavy atom. The lowest BCUT2D eigenvalue weighted by Gasteiger charge is -2.25. The smallest absolute Gasteiger partial charge is 0.213 e. The first-order chi connectivity index (χ1) is 2.93. The van der Waals surface area contributed by atoms with E-state index in [1.807, 2.05) is 0 Å². The van der Waals surface area contributed by atoms with Gasteiger partial charge in [-0.1, -0.05) is 0 Å². The van der Waals surface area contributed by atoms with Crippen LogP contribution in [0.3, 0.4) is 0 Å². The molecular weight excluding hydrogens is 82.0 g/mol. The zero-order valence-electron chi connectivity index (χ0n) is 3.26. The Morgan fingerprint density at radius 3 is 2.33 bits per heavy atom. The summed E-state index contributed by atoms with van der Waals surface area (Å²) in [5.74, 6) is 0. The zero-order valence-corrected chi connectivity index (χ0v) is 3.26. The third-order valence-corrected chi connectivity index (χ3v) is 0.663. The van der Waals surface area contributed by atoms with E-state index in [0.717, 1.165) is 6.41 Å². The molecule has 1 amide bonds. The van der Waals surface area contributed by atoms with E-state index in [4.69, 9.17) is 0 Å². The molecule has 1 rings (SSSR count). The second-order valence-electron chi connectivity index (χ2n) is 1.16. The summed E-state index contributed by atoms with van der Waals surface area (Å²) >= 11 is 0. The van der Waals surface area contributed by atoms with Crippen LogP contribution in [0.25, 0.3) is 0 Å². The number of ether oxygens (including phenoxy) is 1. The van der Waals surface area contributed by atoms with Crippen LogP contribution in [-0.2, 0) is 9.53 Å². The van der Waals surface area contributed by atoms with Gasteiger partial charge >= 0.3 is 0 Å². The van der Waals surface area contributed by atoms with E-state index < -0.39 is 0 Å². The molecule has 1 aliphatic rings. The molecule has 0 aromatic carbocycles. The molecule has 0 aromatic rings. The van der Waals surface area contributed by atoms with E-state index in [1.54, 1.807) is 0 Å². The lowest BCUT2D eigenvalue weighted by molar-refractivity contribution is -0.162. The van der Waals surface area contributed by atoms with Crippen molar-refractivity contribution in [2.45, 2.75) is 0 Å². The Balaban J connectivity index is 2.16. The van der Waals surface area contributed by atoms with Crippen molar-refractivity contribution in [3.05, 3.63) is 0 Å².